The summed E-state index contributed by atoms with van der Waals surface area (Å²) in [4.78, 5) is 11.3. The molecule has 0 bridgehead atoms. The van der Waals surface area contributed by atoms with Crippen molar-refractivity contribution < 1.29 is 9.53 Å². The highest BCUT2D eigenvalue weighted by atomic mass is 35.5. The minimum absolute atomic E-state index is 0.374. The van der Waals surface area contributed by atoms with Gasteiger partial charge in [-0.25, -0.2) is 4.79 Å². The Labute approximate surface area is 105 Å². The lowest BCUT2D eigenvalue weighted by molar-refractivity contribution is 0.0601. The summed E-state index contributed by atoms with van der Waals surface area (Å²) in [5.41, 5.74) is 1.31. The minimum Gasteiger partial charge on any atom is -0.465 e. The van der Waals surface area contributed by atoms with Crippen LogP contribution in [-0.4, -0.2) is 19.0 Å². The summed E-state index contributed by atoms with van der Waals surface area (Å²) < 4.78 is 4.60. The molecule has 16 heavy (non-hydrogen) atoms. The molecule has 0 N–H and O–H groups in total. The number of benzene rings is 1. The first-order valence-electron chi connectivity index (χ1n) is 4.79. The smallest absolute Gasteiger partial charge is 0.339 e. The van der Waals surface area contributed by atoms with Crippen molar-refractivity contribution in [1.29, 1.82) is 0 Å². The maximum absolute atomic E-state index is 11.3. The van der Waals surface area contributed by atoms with Gasteiger partial charge in [0.15, 0.2) is 0 Å². The Morgan fingerprint density at radius 3 is 2.81 bits per heavy atom. The van der Waals surface area contributed by atoms with Gasteiger partial charge in [0.05, 0.1) is 17.7 Å². The lowest BCUT2D eigenvalue weighted by atomic mass is 10.1. The summed E-state index contributed by atoms with van der Waals surface area (Å²) in [6.45, 7) is 0. The molecule has 1 aromatic carbocycles. The Kier molecular flexibility index (Phi) is 5.36. The molecule has 0 saturated carbocycles. The number of carbonyl (C=O) groups excluding carboxylic acids is 1. The second-order valence-electron chi connectivity index (χ2n) is 3.11. The molecule has 0 fully saturated rings. The number of methoxy groups -OCH3 is 1. The summed E-state index contributed by atoms with van der Waals surface area (Å²) in [5, 5.41) is 0.389. The molecule has 2 nitrogen and oxygen atoms in total. The first-order chi connectivity index (χ1) is 7.69. The molecular formula is C12H12Cl2O2. The molecule has 0 spiro atoms. The van der Waals surface area contributed by atoms with Crippen molar-refractivity contribution in [2.24, 2.45) is 0 Å². The van der Waals surface area contributed by atoms with E-state index in [9.17, 15) is 4.79 Å². The Bertz CT molecular complexity index is 400. The third-order valence-corrected chi connectivity index (χ3v) is 2.52. The van der Waals surface area contributed by atoms with Crippen LogP contribution < -0.4 is 0 Å². The van der Waals surface area contributed by atoms with Crippen LogP contribution in [0.3, 0.4) is 0 Å². The predicted molar refractivity (Wildman–Crippen MR) is 67.2 cm³/mol. The fraction of sp³-hybridized carbons (Fsp3) is 0.250. The van der Waals surface area contributed by atoms with Crippen molar-refractivity contribution in [3.8, 4) is 0 Å². The molecule has 0 aromatic heterocycles. The highest BCUT2D eigenvalue weighted by Gasteiger charge is 2.09. The summed E-state index contributed by atoms with van der Waals surface area (Å²) in [6, 6.07) is 5.18. The fourth-order valence-corrected chi connectivity index (χ4v) is 1.59. The Hall–Kier alpha value is -0.990. The third-order valence-electron chi connectivity index (χ3n) is 1.98. The van der Waals surface area contributed by atoms with E-state index in [1.807, 2.05) is 18.2 Å². The predicted octanol–water partition coefficient (Wildman–Crippen LogP) is 3.77. The van der Waals surface area contributed by atoms with Crippen molar-refractivity contribution >= 4 is 35.2 Å². The quantitative estimate of drug-likeness (QED) is 0.607. The normalized spacial score (nSPS) is 10.7. The van der Waals surface area contributed by atoms with Crippen LogP contribution in [0.4, 0.5) is 0 Å². The first kappa shape index (κ1) is 13.1. The zero-order valence-electron chi connectivity index (χ0n) is 8.87. The molecule has 0 saturated heterocycles. The van der Waals surface area contributed by atoms with Gasteiger partial charge in [0.1, 0.15) is 0 Å². The summed E-state index contributed by atoms with van der Waals surface area (Å²) in [7, 11) is 1.33. The largest absolute Gasteiger partial charge is 0.465 e. The van der Waals surface area contributed by atoms with Crippen molar-refractivity contribution in [3.63, 3.8) is 0 Å². The second-order valence-corrected chi connectivity index (χ2v) is 3.90. The van der Waals surface area contributed by atoms with E-state index < -0.39 is 5.97 Å². The van der Waals surface area contributed by atoms with Gasteiger partial charge >= 0.3 is 5.97 Å². The van der Waals surface area contributed by atoms with E-state index in [-0.39, 0.29) is 0 Å². The van der Waals surface area contributed by atoms with Crippen LogP contribution in [0, 0.1) is 0 Å². The molecule has 0 atom stereocenters. The molecule has 0 heterocycles. The second kappa shape index (κ2) is 6.56. The number of carbonyl (C=O) groups is 1. The van der Waals surface area contributed by atoms with Crippen LogP contribution in [-0.2, 0) is 4.74 Å². The number of ether oxygens (including phenoxy) is 1. The standard InChI is InChI=1S/C12H12Cl2O2/c1-16-12(15)10-6-5-9(8-11(10)14)4-2-3-7-13/h2,4-6,8H,3,7H2,1H3. The lowest BCUT2D eigenvalue weighted by Gasteiger charge is -2.02. The highest BCUT2D eigenvalue weighted by molar-refractivity contribution is 6.33. The van der Waals surface area contributed by atoms with E-state index in [0.717, 1.165) is 12.0 Å². The number of esters is 1. The molecule has 0 radical (unpaired) electrons. The Morgan fingerprint density at radius 2 is 2.25 bits per heavy atom. The molecule has 86 valence electrons. The van der Waals surface area contributed by atoms with Crippen LogP contribution in [0.25, 0.3) is 6.08 Å². The molecule has 0 aliphatic carbocycles. The number of halogens is 2. The van der Waals surface area contributed by atoms with Gasteiger partial charge in [0.2, 0.25) is 0 Å². The topological polar surface area (TPSA) is 26.3 Å². The van der Waals surface area contributed by atoms with Crippen molar-refractivity contribution in [2.45, 2.75) is 6.42 Å². The maximum Gasteiger partial charge on any atom is 0.339 e. The molecule has 0 unspecified atom stereocenters. The van der Waals surface area contributed by atoms with Crippen LogP contribution in [0.2, 0.25) is 5.02 Å². The van der Waals surface area contributed by atoms with Crippen LogP contribution in [0.5, 0.6) is 0 Å². The van der Waals surface area contributed by atoms with Crippen molar-refractivity contribution in [1.82, 2.24) is 0 Å². The number of rotatable bonds is 4. The van der Waals surface area contributed by atoms with Crippen LogP contribution in [0.15, 0.2) is 24.3 Å². The lowest BCUT2D eigenvalue weighted by Crippen LogP contribution is -2.01. The minimum atomic E-state index is -0.429. The fourth-order valence-electron chi connectivity index (χ4n) is 1.19. The maximum atomic E-state index is 11.3. The average molecular weight is 259 g/mol. The van der Waals surface area contributed by atoms with Gasteiger partial charge in [-0.1, -0.05) is 29.8 Å². The van der Waals surface area contributed by atoms with Gasteiger partial charge < -0.3 is 4.74 Å². The Balaban J connectivity index is 2.86. The van der Waals surface area contributed by atoms with Gasteiger partial charge in [-0.3, -0.25) is 0 Å². The van der Waals surface area contributed by atoms with E-state index in [2.05, 4.69) is 4.74 Å². The number of alkyl halides is 1. The molecule has 1 aromatic rings. The van der Waals surface area contributed by atoms with E-state index >= 15 is 0 Å². The monoisotopic (exact) mass is 258 g/mol. The molecule has 0 aliphatic rings. The molecule has 1 rings (SSSR count). The van der Waals surface area contributed by atoms with Crippen LogP contribution >= 0.6 is 23.2 Å². The van der Waals surface area contributed by atoms with E-state index in [1.165, 1.54) is 7.11 Å². The molecule has 4 heteroatoms. The van der Waals surface area contributed by atoms with Gasteiger partial charge in [-0.05, 0) is 24.1 Å². The molecule has 0 amide bonds. The summed E-state index contributed by atoms with van der Waals surface area (Å²) >= 11 is 11.5. The SMILES string of the molecule is COC(=O)c1ccc(C=CCCCl)cc1Cl. The van der Waals surface area contributed by atoms with E-state index in [1.54, 1.807) is 12.1 Å². The highest BCUT2D eigenvalue weighted by Crippen LogP contribution is 2.19. The average Bonchev–Trinajstić information content (AvgIpc) is 2.29. The van der Waals surface area contributed by atoms with E-state index in [0.29, 0.717) is 16.5 Å². The third kappa shape index (κ3) is 3.54. The van der Waals surface area contributed by atoms with Gasteiger partial charge in [0.25, 0.3) is 0 Å². The zero-order chi connectivity index (χ0) is 12.0. The van der Waals surface area contributed by atoms with E-state index in [4.69, 9.17) is 23.2 Å². The number of hydrogen-bond acceptors (Lipinski definition) is 2. The Morgan fingerprint density at radius 1 is 1.50 bits per heavy atom. The van der Waals surface area contributed by atoms with Crippen molar-refractivity contribution in [2.75, 3.05) is 13.0 Å². The number of hydrogen-bond donors (Lipinski definition) is 0. The molecule has 0 aliphatic heterocycles. The van der Waals surface area contributed by atoms with Gasteiger partial charge in [-0.2, -0.15) is 0 Å². The zero-order valence-corrected chi connectivity index (χ0v) is 10.4. The molecular weight excluding hydrogens is 247 g/mol. The van der Waals surface area contributed by atoms with Gasteiger partial charge in [0, 0.05) is 5.88 Å². The number of allylic oxidation sites excluding steroid dienone is 1. The first-order valence-corrected chi connectivity index (χ1v) is 5.70. The van der Waals surface area contributed by atoms with Crippen LogP contribution in [0.1, 0.15) is 22.3 Å². The summed E-state index contributed by atoms with van der Waals surface area (Å²) in [5.74, 6) is 0.158. The summed E-state index contributed by atoms with van der Waals surface area (Å²) in [6.07, 6.45) is 4.67. The van der Waals surface area contributed by atoms with Crippen molar-refractivity contribution in [3.05, 3.63) is 40.4 Å². The van der Waals surface area contributed by atoms with Gasteiger partial charge in [-0.15, -0.1) is 11.6 Å².